The molecule has 0 atom stereocenters. The normalized spacial score (nSPS) is 12.9. The molecule has 142 valence electrons. The molecule has 3 heterocycles. The summed E-state index contributed by atoms with van der Waals surface area (Å²) in [7, 11) is 0. The highest BCUT2D eigenvalue weighted by molar-refractivity contribution is 7.14. The number of anilines is 2. The molecule has 1 aromatic carbocycles. The second kappa shape index (κ2) is 7.52. The molecule has 1 aliphatic rings. The van der Waals surface area contributed by atoms with Gasteiger partial charge in [-0.05, 0) is 36.2 Å². The molecule has 3 aromatic rings. The Morgan fingerprint density at radius 3 is 2.82 bits per heavy atom. The van der Waals surface area contributed by atoms with Crippen molar-refractivity contribution in [1.29, 1.82) is 0 Å². The van der Waals surface area contributed by atoms with Crippen LogP contribution in [0.2, 0.25) is 0 Å². The van der Waals surface area contributed by atoms with E-state index in [0.717, 1.165) is 35.5 Å². The summed E-state index contributed by atoms with van der Waals surface area (Å²) in [5.74, 6) is -0.146. The van der Waals surface area contributed by atoms with Gasteiger partial charge in [-0.3, -0.25) is 19.9 Å². The fraction of sp³-hybridized carbons (Fsp3) is 0.238. The summed E-state index contributed by atoms with van der Waals surface area (Å²) < 4.78 is 0. The number of amides is 2. The highest BCUT2D eigenvalue weighted by Crippen LogP contribution is 2.34. The molecule has 0 unspecified atom stereocenters. The van der Waals surface area contributed by atoms with Gasteiger partial charge in [-0.25, -0.2) is 4.98 Å². The number of carbonyl (C=O) groups excluding carboxylic acids is 2. The Hall–Kier alpha value is -3.06. The molecule has 28 heavy (non-hydrogen) atoms. The van der Waals surface area contributed by atoms with Crippen molar-refractivity contribution in [2.75, 3.05) is 16.8 Å². The highest BCUT2D eigenvalue weighted by Gasteiger charge is 2.26. The van der Waals surface area contributed by atoms with Crippen LogP contribution in [0.25, 0.3) is 11.3 Å². The van der Waals surface area contributed by atoms with Gasteiger partial charge in [0, 0.05) is 35.3 Å². The van der Waals surface area contributed by atoms with Crippen molar-refractivity contribution in [3.63, 3.8) is 0 Å². The summed E-state index contributed by atoms with van der Waals surface area (Å²) >= 11 is 1.37. The summed E-state index contributed by atoms with van der Waals surface area (Å²) in [6.45, 7) is 4.56. The van der Waals surface area contributed by atoms with Crippen molar-refractivity contribution < 1.29 is 9.59 Å². The Morgan fingerprint density at radius 2 is 2.07 bits per heavy atom. The van der Waals surface area contributed by atoms with E-state index < -0.39 is 0 Å². The first-order chi connectivity index (χ1) is 13.5. The van der Waals surface area contributed by atoms with Gasteiger partial charge in [-0.2, -0.15) is 0 Å². The zero-order chi connectivity index (χ0) is 19.7. The first-order valence-electron chi connectivity index (χ1n) is 9.15. The number of nitrogens with zero attached hydrogens (tertiary/aromatic N) is 3. The lowest BCUT2D eigenvalue weighted by atomic mass is 10.1. The van der Waals surface area contributed by atoms with E-state index in [4.69, 9.17) is 0 Å². The molecule has 0 radical (unpaired) electrons. The summed E-state index contributed by atoms with van der Waals surface area (Å²) in [5.41, 5.74) is 4.27. The number of nitrogens with one attached hydrogen (secondary N) is 1. The molecule has 0 fully saturated rings. The standard InChI is InChI=1S/C21H20N4O2S/c1-13(2)20(27)25-10-8-15-11-14(6-7-18(15)25)17-12-28-21(23-17)24-19(26)16-5-3-4-9-22-16/h3-7,9,11-13H,8,10H2,1-2H3,(H,23,24,26). The van der Waals surface area contributed by atoms with Crippen molar-refractivity contribution in [1.82, 2.24) is 9.97 Å². The van der Waals surface area contributed by atoms with E-state index in [-0.39, 0.29) is 17.7 Å². The minimum Gasteiger partial charge on any atom is -0.312 e. The predicted molar refractivity (Wildman–Crippen MR) is 111 cm³/mol. The fourth-order valence-corrected chi connectivity index (χ4v) is 3.94. The second-order valence-corrected chi connectivity index (χ2v) is 7.80. The van der Waals surface area contributed by atoms with E-state index in [0.29, 0.717) is 10.8 Å². The van der Waals surface area contributed by atoms with E-state index >= 15 is 0 Å². The van der Waals surface area contributed by atoms with Gasteiger partial charge >= 0.3 is 0 Å². The van der Waals surface area contributed by atoms with Crippen LogP contribution in [0.15, 0.2) is 48.0 Å². The van der Waals surface area contributed by atoms with Crippen LogP contribution in [0.3, 0.4) is 0 Å². The lowest BCUT2D eigenvalue weighted by Gasteiger charge is -2.19. The molecule has 0 spiro atoms. The maximum atomic E-state index is 12.4. The van der Waals surface area contributed by atoms with Crippen LogP contribution in [0.4, 0.5) is 10.8 Å². The second-order valence-electron chi connectivity index (χ2n) is 6.95. The number of pyridine rings is 1. The Kier molecular flexibility index (Phi) is 4.92. The van der Waals surface area contributed by atoms with Crippen molar-refractivity contribution in [2.24, 2.45) is 5.92 Å². The molecule has 0 aliphatic carbocycles. The molecule has 7 heteroatoms. The van der Waals surface area contributed by atoms with E-state index in [9.17, 15) is 9.59 Å². The quantitative estimate of drug-likeness (QED) is 0.728. The number of hydrogen-bond donors (Lipinski definition) is 1. The summed E-state index contributed by atoms with van der Waals surface area (Å²) in [5, 5.41) is 5.24. The third-order valence-corrected chi connectivity index (χ3v) is 5.41. The number of thiazole rings is 1. The van der Waals surface area contributed by atoms with Crippen LogP contribution in [-0.2, 0) is 11.2 Å². The zero-order valence-corrected chi connectivity index (χ0v) is 16.5. The Bertz CT molecular complexity index is 1030. The maximum absolute atomic E-state index is 12.4. The van der Waals surface area contributed by atoms with Crippen molar-refractivity contribution in [3.05, 3.63) is 59.2 Å². The van der Waals surface area contributed by atoms with Crippen LogP contribution >= 0.6 is 11.3 Å². The van der Waals surface area contributed by atoms with Gasteiger partial charge in [0.2, 0.25) is 5.91 Å². The number of rotatable bonds is 4. The van der Waals surface area contributed by atoms with Gasteiger partial charge in [0.1, 0.15) is 5.69 Å². The van der Waals surface area contributed by atoms with Crippen LogP contribution < -0.4 is 10.2 Å². The van der Waals surface area contributed by atoms with Crippen LogP contribution in [0, 0.1) is 5.92 Å². The average molecular weight is 392 g/mol. The van der Waals surface area contributed by atoms with Gasteiger partial charge in [0.15, 0.2) is 5.13 Å². The zero-order valence-electron chi connectivity index (χ0n) is 15.7. The number of benzene rings is 1. The highest BCUT2D eigenvalue weighted by atomic mass is 32.1. The fourth-order valence-electron chi connectivity index (χ4n) is 3.22. The van der Waals surface area contributed by atoms with E-state index in [2.05, 4.69) is 21.4 Å². The number of hydrogen-bond acceptors (Lipinski definition) is 5. The topological polar surface area (TPSA) is 75.2 Å². The largest absolute Gasteiger partial charge is 0.312 e. The molecule has 2 aromatic heterocycles. The van der Waals surface area contributed by atoms with Crippen molar-refractivity contribution >= 4 is 34.0 Å². The molecule has 0 saturated carbocycles. The Balaban J connectivity index is 1.52. The van der Waals surface area contributed by atoms with Gasteiger partial charge < -0.3 is 4.90 Å². The monoisotopic (exact) mass is 392 g/mol. The molecule has 6 nitrogen and oxygen atoms in total. The smallest absolute Gasteiger partial charge is 0.276 e. The first kappa shape index (κ1) is 18.3. The van der Waals surface area contributed by atoms with E-state index in [1.54, 1.807) is 24.4 Å². The Labute approximate surface area is 167 Å². The molecule has 4 rings (SSSR count). The van der Waals surface area contributed by atoms with E-state index in [1.807, 2.05) is 36.3 Å². The summed E-state index contributed by atoms with van der Waals surface area (Å²) in [6, 6.07) is 11.2. The van der Waals surface area contributed by atoms with E-state index in [1.165, 1.54) is 11.3 Å². The lowest BCUT2D eigenvalue weighted by molar-refractivity contribution is -0.121. The van der Waals surface area contributed by atoms with Crippen molar-refractivity contribution in [2.45, 2.75) is 20.3 Å². The minimum atomic E-state index is -0.279. The van der Waals surface area contributed by atoms with Gasteiger partial charge in [0.05, 0.1) is 5.69 Å². The molecular weight excluding hydrogens is 372 g/mol. The van der Waals surface area contributed by atoms with Gasteiger partial charge in [0.25, 0.3) is 5.91 Å². The Morgan fingerprint density at radius 1 is 1.21 bits per heavy atom. The van der Waals surface area contributed by atoms with Crippen molar-refractivity contribution in [3.8, 4) is 11.3 Å². The molecule has 1 N–H and O–H groups in total. The number of carbonyl (C=O) groups is 2. The maximum Gasteiger partial charge on any atom is 0.276 e. The average Bonchev–Trinajstić information content (AvgIpc) is 3.34. The predicted octanol–water partition coefficient (Wildman–Crippen LogP) is 4.00. The SMILES string of the molecule is CC(C)C(=O)N1CCc2cc(-c3csc(NC(=O)c4ccccn4)n3)ccc21. The summed E-state index contributed by atoms with van der Waals surface area (Å²) in [6.07, 6.45) is 2.43. The van der Waals surface area contributed by atoms with Gasteiger partial charge in [-0.1, -0.05) is 26.0 Å². The first-order valence-corrected chi connectivity index (χ1v) is 10.0. The molecule has 0 bridgehead atoms. The third kappa shape index (κ3) is 3.53. The molecule has 0 saturated heterocycles. The number of aromatic nitrogens is 2. The molecule has 1 aliphatic heterocycles. The van der Waals surface area contributed by atoms with Crippen LogP contribution in [0.1, 0.15) is 29.9 Å². The minimum absolute atomic E-state index is 0.0190. The lowest BCUT2D eigenvalue weighted by Crippen LogP contribution is -2.32. The number of fused-ring (bicyclic) bond motifs is 1. The molecule has 2 amide bonds. The third-order valence-electron chi connectivity index (χ3n) is 4.65. The summed E-state index contributed by atoms with van der Waals surface area (Å²) in [4.78, 5) is 35.0. The van der Waals surface area contributed by atoms with Crippen LogP contribution in [-0.4, -0.2) is 28.3 Å². The molecular formula is C21H20N4O2S. The van der Waals surface area contributed by atoms with Gasteiger partial charge in [-0.15, -0.1) is 11.3 Å². The van der Waals surface area contributed by atoms with Crippen LogP contribution in [0.5, 0.6) is 0 Å².